The summed E-state index contributed by atoms with van der Waals surface area (Å²) >= 11 is 0. The number of fused-ring (bicyclic) bond motifs is 2. The van der Waals surface area contributed by atoms with E-state index in [2.05, 4.69) is 135 Å². The third-order valence-electron chi connectivity index (χ3n) is 6.62. The average molecular weight is 439 g/mol. The second kappa shape index (κ2) is 9.53. The van der Waals surface area contributed by atoms with Crippen molar-refractivity contribution in [3.05, 3.63) is 126 Å². The third kappa shape index (κ3) is 4.08. The number of hydrogen-bond acceptors (Lipinski definition) is 0. The monoisotopic (exact) mass is 438 g/mol. The Morgan fingerprint density at radius 2 is 1.26 bits per heavy atom. The number of allylic oxidation sites excluding steroid dienone is 3. The molecular formula is C34H30. The maximum Gasteiger partial charge on any atom is -0.00266 e. The predicted molar refractivity (Wildman–Crippen MR) is 150 cm³/mol. The largest absolute Gasteiger partial charge is 0.0877 e. The van der Waals surface area contributed by atoms with Crippen molar-refractivity contribution in [1.29, 1.82) is 0 Å². The zero-order valence-corrected chi connectivity index (χ0v) is 20.1. The fraction of sp³-hybridized carbons (Fsp3) is 0.118. The molecule has 5 aromatic carbocycles. The second-order valence-corrected chi connectivity index (χ2v) is 9.12. The van der Waals surface area contributed by atoms with E-state index in [9.17, 15) is 0 Å². The van der Waals surface area contributed by atoms with Crippen molar-refractivity contribution < 1.29 is 0 Å². The number of benzene rings is 5. The topological polar surface area (TPSA) is 0 Å². The van der Waals surface area contributed by atoms with E-state index in [0.29, 0.717) is 5.92 Å². The predicted octanol–water partition coefficient (Wildman–Crippen LogP) is 10.0. The molecule has 0 N–H and O–H groups in total. The molecule has 0 unspecified atom stereocenters. The van der Waals surface area contributed by atoms with E-state index in [0.717, 1.165) is 0 Å². The summed E-state index contributed by atoms with van der Waals surface area (Å²) in [6.07, 6.45) is 8.43. The first-order valence-corrected chi connectivity index (χ1v) is 12.1. The standard InChI is InChI=1S/C34H30/c1-4-5-6-11-26-20-22-32(31-15-10-9-13-29(26)31)33-23-21-27-12-7-8-14-30(27)34(33)28-18-16-25(17-19-28)24(2)3/h4-24H,1-3H3/b5-4-,11-6-. The molecule has 0 fully saturated rings. The summed E-state index contributed by atoms with van der Waals surface area (Å²) in [5.41, 5.74) is 7.71. The molecule has 0 aliphatic rings. The van der Waals surface area contributed by atoms with E-state index < -0.39 is 0 Å². The van der Waals surface area contributed by atoms with Crippen LogP contribution in [0.4, 0.5) is 0 Å². The maximum atomic E-state index is 2.30. The first-order chi connectivity index (χ1) is 16.7. The van der Waals surface area contributed by atoms with E-state index >= 15 is 0 Å². The Balaban J connectivity index is 1.78. The third-order valence-corrected chi connectivity index (χ3v) is 6.62. The van der Waals surface area contributed by atoms with Gasteiger partial charge in [0.25, 0.3) is 0 Å². The van der Waals surface area contributed by atoms with Crippen molar-refractivity contribution in [2.45, 2.75) is 26.7 Å². The van der Waals surface area contributed by atoms with E-state index in [1.165, 1.54) is 54.9 Å². The van der Waals surface area contributed by atoms with Gasteiger partial charge in [-0.1, -0.05) is 135 Å². The Bertz CT molecular complexity index is 1510. The Morgan fingerprint density at radius 3 is 2.00 bits per heavy atom. The Morgan fingerprint density at radius 1 is 0.588 bits per heavy atom. The van der Waals surface area contributed by atoms with Crippen LogP contribution in [0, 0.1) is 0 Å². The lowest BCUT2D eigenvalue weighted by atomic mass is 9.86. The molecule has 5 rings (SSSR count). The van der Waals surface area contributed by atoms with Crippen LogP contribution in [0.3, 0.4) is 0 Å². The minimum absolute atomic E-state index is 0.521. The summed E-state index contributed by atoms with van der Waals surface area (Å²) in [4.78, 5) is 0. The molecule has 0 spiro atoms. The van der Waals surface area contributed by atoms with Crippen molar-refractivity contribution >= 4 is 27.6 Å². The molecule has 0 saturated heterocycles. The van der Waals surface area contributed by atoms with Crippen LogP contribution in [0.25, 0.3) is 49.9 Å². The van der Waals surface area contributed by atoms with Gasteiger partial charge in [-0.2, -0.15) is 0 Å². The van der Waals surface area contributed by atoms with Gasteiger partial charge in [0.1, 0.15) is 0 Å². The molecule has 0 radical (unpaired) electrons. The molecule has 34 heavy (non-hydrogen) atoms. The van der Waals surface area contributed by atoms with Crippen LogP contribution >= 0.6 is 0 Å². The van der Waals surface area contributed by atoms with Gasteiger partial charge < -0.3 is 0 Å². The molecule has 0 heterocycles. The maximum absolute atomic E-state index is 2.30. The number of rotatable bonds is 5. The molecule has 166 valence electrons. The highest BCUT2D eigenvalue weighted by atomic mass is 14.2. The van der Waals surface area contributed by atoms with E-state index in [1.54, 1.807) is 0 Å². The van der Waals surface area contributed by atoms with Gasteiger partial charge in [-0.25, -0.2) is 0 Å². The number of hydrogen-bond donors (Lipinski definition) is 0. The fourth-order valence-electron chi connectivity index (χ4n) is 4.81. The average Bonchev–Trinajstić information content (AvgIpc) is 2.88. The highest BCUT2D eigenvalue weighted by Gasteiger charge is 2.15. The summed E-state index contributed by atoms with van der Waals surface area (Å²) in [6, 6.07) is 35.7. The van der Waals surface area contributed by atoms with E-state index in [4.69, 9.17) is 0 Å². The molecule has 0 aromatic heterocycles. The SMILES string of the molecule is C/C=C\C=C/c1ccc(-c2ccc3ccccc3c2-c2ccc(C(C)C)cc2)c2ccccc12. The summed E-state index contributed by atoms with van der Waals surface area (Å²) in [6.45, 7) is 6.54. The van der Waals surface area contributed by atoms with Crippen molar-refractivity contribution in [3.8, 4) is 22.3 Å². The van der Waals surface area contributed by atoms with E-state index in [-0.39, 0.29) is 0 Å². The van der Waals surface area contributed by atoms with Gasteiger partial charge in [0.2, 0.25) is 0 Å². The zero-order valence-electron chi connectivity index (χ0n) is 20.1. The van der Waals surface area contributed by atoms with Crippen LogP contribution in [0.1, 0.15) is 37.8 Å². The summed E-state index contributed by atoms with van der Waals surface area (Å²) < 4.78 is 0. The first kappa shape index (κ1) is 21.9. The van der Waals surface area contributed by atoms with Crippen LogP contribution in [0.2, 0.25) is 0 Å². The molecule has 0 aliphatic carbocycles. The highest BCUT2D eigenvalue weighted by Crippen LogP contribution is 2.41. The van der Waals surface area contributed by atoms with Crippen LogP contribution in [-0.4, -0.2) is 0 Å². The smallest absolute Gasteiger partial charge is 0.00266 e. The van der Waals surface area contributed by atoms with Gasteiger partial charge >= 0.3 is 0 Å². The molecule has 0 bridgehead atoms. The van der Waals surface area contributed by atoms with Gasteiger partial charge in [-0.15, -0.1) is 0 Å². The summed E-state index contributed by atoms with van der Waals surface area (Å²) in [7, 11) is 0. The fourth-order valence-corrected chi connectivity index (χ4v) is 4.81. The molecule has 0 amide bonds. The molecule has 0 saturated carbocycles. The van der Waals surface area contributed by atoms with Crippen LogP contribution in [-0.2, 0) is 0 Å². The Kier molecular flexibility index (Phi) is 6.14. The van der Waals surface area contributed by atoms with Crippen LogP contribution < -0.4 is 0 Å². The summed E-state index contributed by atoms with van der Waals surface area (Å²) in [5, 5.41) is 5.11. The Labute approximate surface area is 202 Å². The molecule has 0 atom stereocenters. The lowest BCUT2D eigenvalue weighted by molar-refractivity contribution is 0.867. The first-order valence-electron chi connectivity index (χ1n) is 12.1. The van der Waals surface area contributed by atoms with Gasteiger partial charge in [-0.05, 0) is 67.8 Å². The van der Waals surface area contributed by atoms with E-state index in [1.807, 2.05) is 6.92 Å². The quantitative estimate of drug-likeness (QED) is 0.239. The normalized spacial score (nSPS) is 12.0. The van der Waals surface area contributed by atoms with Gasteiger partial charge in [0.15, 0.2) is 0 Å². The highest BCUT2D eigenvalue weighted by molar-refractivity contribution is 6.09. The van der Waals surface area contributed by atoms with Gasteiger partial charge in [-0.3, -0.25) is 0 Å². The van der Waals surface area contributed by atoms with Gasteiger partial charge in [0.05, 0.1) is 0 Å². The van der Waals surface area contributed by atoms with Crippen molar-refractivity contribution in [2.24, 2.45) is 0 Å². The Hall–Kier alpha value is -3.90. The molecule has 0 aliphatic heterocycles. The van der Waals surface area contributed by atoms with Crippen molar-refractivity contribution in [2.75, 3.05) is 0 Å². The minimum Gasteiger partial charge on any atom is -0.0877 e. The van der Waals surface area contributed by atoms with Gasteiger partial charge in [0, 0.05) is 0 Å². The lowest BCUT2D eigenvalue weighted by Gasteiger charge is -2.17. The molecule has 0 nitrogen and oxygen atoms in total. The zero-order chi connectivity index (χ0) is 23.5. The minimum atomic E-state index is 0.521. The van der Waals surface area contributed by atoms with Crippen LogP contribution in [0.15, 0.2) is 115 Å². The molecular weight excluding hydrogens is 408 g/mol. The van der Waals surface area contributed by atoms with Crippen molar-refractivity contribution in [1.82, 2.24) is 0 Å². The molecule has 5 aromatic rings. The van der Waals surface area contributed by atoms with Crippen molar-refractivity contribution in [3.63, 3.8) is 0 Å². The molecule has 0 heteroatoms. The van der Waals surface area contributed by atoms with Crippen LogP contribution in [0.5, 0.6) is 0 Å². The lowest BCUT2D eigenvalue weighted by Crippen LogP contribution is -1.92. The second-order valence-electron chi connectivity index (χ2n) is 9.12. The summed E-state index contributed by atoms with van der Waals surface area (Å²) in [5.74, 6) is 0.521.